The first kappa shape index (κ1) is 29.5. The Kier molecular flexibility index (Phi) is 7.48. The number of hydrogen-bond donors (Lipinski definition) is 3. The van der Waals surface area contributed by atoms with Crippen molar-refractivity contribution >= 4 is 28.3 Å². The van der Waals surface area contributed by atoms with Gasteiger partial charge in [0.15, 0.2) is 5.78 Å². The number of rotatable bonds is 5. The van der Waals surface area contributed by atoms with E-state index in [4.69, 9.17) is 4.98 Å². The SMILES string of the molecule is Cc1ccc2c(c1)C(=O)C(c1ccc3cccc(NC(=O)CCc4cc(C(C)(C)C)c(O)c(C(C)(C)C)c4)c3n1)C2O. The van der Waals surface area contributed by atoms with Gasteiger partial charge in [-0.3, -0.25) is 9.59 Å². The Bertz CT molecular complexity index is 1670. The lowest BCUT2D eigenvalue weighted by Crippen LogP contribution is -2.18. The fourth-order valence-electron chi connectivity index (χ4n) is 5.82. The molecule has 0 aliphatic heterocycles. The number of ketones is 1. The van der Waals surface area contributed by atoms with Crippen LogP contribution in [0.1, 0.15) is 104 Å². The van der Waals surface area contributed by atoms with Crippen LogP contribution in [0.15, 0.2) is 60.7 Å². The second-order valence-corrected chi connectivity index (χ2v) is 13.6. The first-order valence-electron chi connectivity index (χ1n) is 14.5. The maximum absolute atomic E-state index is 13.3. The third-order valence-electron chi connectivity index (χ3n) is 8.15. The van der Waals surface area contributed by atoms with E-state index in [9.17, 15) is 19.8 Å². The highest BCUT2D eigenvalue weighted by atomic mass is 16.3. The molecule has 218 valence electrons. The summed E-state index contributed by atoms with van der Waals surface area (Å²) in [6, 6.07) is 18.8. The minimum absolute atomic E-state index is 0.146. The van der Waals surface area contributed by atoms with Gasteiger partial charge in [0, 0.05) is 17.4 Å². The first-order chi connectivity index (χ1) is 19.6. The molecule has 6 nitrogen and oxygen atoms in total. The number of aliphatic hydroxyl groups is 1. The van der Waals surface area contributed by atoms with Crippen molar-refractivity contribution in [2.24, 2.45) is 0 Å². The molecule has 2 atom stereocenters. The van der Waals surface area contributed by atoms with Gasteiger partial charge < -0.3 is 15.5 Å². The molecule has 0 spiro atoms. The maximum Gasteiger partial charge on any atom is 0.224 e. The number of carbonyl (C=O) groups is 2. The number of para-hydroxylation sites is 1. The predicted molar refractivity (Wildman–Crippen MR) is 167 cm³/mol. The van der Waals surface area contributed by atoms with Crippen molar-refractivity contribution in [2.45, 2.75) is 84.2 Å². The van der Waals surface area contributed by atoms with Crippen molar-refractivity contribution in [3.63, 3.8) is 0 Å². The van der Waals surface area contributed by atoms with Crippen molar-refractivity contribution < 1.29 is 19.8 Å². The van der Waals surface area contributed by atoms with Gasteiger partial charge in [0.1, 0.15) is 5.75 Å². The summed E-state index contributed by atoms with van der Waals surface area (Å²) in [5, 5.41) is 25.9. The number of amides is 1. The van der Waals surface area contributed by atoms with Crippen LogP contribution in [0.2, 0.25) is 0 Å². The Hall–Kier alpha value is -4.03. The number of phenols is 1. The van der Waals surface area contributed by atoms with Crippen molar-refractivity contribution in [1.82, 2.24) is 4.98 Å². The zero-order chi connectivity index (χ0) is 30.6. The Morgan fingerprint density at radius 1 is 0.929 bits per heavy atom. The van der Waals surface area contributed by atoms with E-state index in [0.29, 0.717) is 40.2 Å². The third kappa shape index (κ3) is 5.56. The summed E-state index contributed by atoms with van der Waals surface area (Å²) in [4.78, 5) is 31.3. The Balaban J connectivity index is 1.39. The largest absolute Gasteiger partial charge is 0.507 e. The van der Waals surface area contributed by atoms with Crippen LogP contribution in [-0.2, 0) is 22.0 Å². The number of anilines is 1. The van der Waals surface area contributed by atoms with Gasteiger partial charge >= 0.3 is 0 Å². The van der Waals surface area contributed by atoms with Crippen molar-refractivity contribution in [3.05, 3.63) is 99.7 Å². The highest BCUT2D eigenvalue weighted by Gasteiger charge is 2.40. The summed E-state index contributed by atoms with van der Waals surface area (Å²) < 4.78 is 0. The van der Waals surface area contributed by atoms with Gasteiger partial charge in [-0.15, -0.1) is 0 Å². The van der Waals surface area contributed by atoms with Crippen molar-refractivity contribution in [2.75, 3.05) is 5.32 Å². The number of nitrogens with one attached hydrogen (secondary N) is 1. The van der Waals surface area contributed by atoms with E-state index in [-0.39, 0.29) is 28.9 Å². The fraction of sp³-hybridized carbons (Fsp3) is 0.361. The number of Topliss-reactive ketones (excluding diaryl/α,β-unsaturated/α-hetero) is 1. The summed E-state index contributed by atoms with van der Waals surface area (Å²) >= 11 is 0. The molecule has 4 aromatic rings. The number of hydrogen-bond acceptors (Lipinski definition) is 5. The highest BCUT2D eigenvalue weighted by molar-refractivity contribution is 6.06. The van der Waals surface area contributed by atoms with Crippen LogP contribution in [0.4, 0.5) is 5.69 Å². The number of carbonyl (C=O) groups excluding carboxylic acids is 2. The van der Waals surface area contributed by atoms with Crippen LogP contribution in [0.25, 0.3) is 10.9 Å². The molecular formula is C36H40N2O4. The minimum atomic E-state index is -0.971. The molecule has 1 aromatic heterocycles. The molecular weight excluding hydrogens is 524 g/mol. The van der Waals surface area contributed by atoms with Gasteiger partial charge in [-0.25, -0.2) is 4.98 Å². The number of aryl methyl sites for hydroxylation is 2. The van der Waals surface area contributed by atoms with Gasteiger partial charge in [0.25, 0.3) is 0 Å². The van der Waals surface area contributed by atoms with E-state index in [2.05, 4.69) is 46.9 Å². The van der Waals surface area contributed by atoms with Gasteiger partial charge in [-0.05, 0) is 64.6 Å². The zero-order valence-corrected chi connectivity index (χ0v) is 25.5. The molecule has 3 aromatic carbocycles. The lowest BCUT2D eigenvalue weighted by Gasteiger charge is -2.28. The van der Waals surface area contributed by atoms with Crippen LogP contribution < -0.4 is 5.32 Å². The molecule has 42 heavy (non-hydrogen) atoms. The van der Waals surface area contributed by atoms with Crippen LogP contribution in [-0.4, -0.2) is 26.9 Å². The van der Waals surface area contributed by atoms with Gasteiger partial charge in [0.2, 0.25) is 5.91 Å². The van der Waals surface area contributed by atoms with E-state index >= 15 is 0 Å². The lowest BCUT2D eigenvalue weighted by atomic mass is 9.78. The number of benzene rings is 3. The monoisotopic (exact) mass is 564 g/mol. The standard InChI is InChI=1S/C36H40N2O4/c1-20-11-14-23-24(17-20)33(41)30(32(23)40)27-15-13-22-9-8-10-28(31(22)38-27)37-29(39)16-12-21-18-25(35(2,3)4)34(42)26(19-21)36(5,6)7/h8-11,13-15,17-19,30,32,40,42H,12,16H2,1-7H3,(H,37,39). The number of aromatic nitrogens is 1. The number of phenolic OH excluding ortho intramolecular Hbond substituents is 1. The number of nitrogens with zero attached hydrogens (tertiary/aromatic N) is 1. The zero-order valence-electron chi connectivity index (χ0n) is 25.5. The van der Waals surface area contributed by atoms with Crippen molar-refractivity contribution in [3.8, 4) is 5.75 Å². The summed E-state index contributed by atoms with van der Waals surface area (Å²) in [6.45, 7) is 14.4. The van der Waals surface area contributed by atoms with Crippen LogP contribution in [0.5, 0.6) is 5.75 Å². The Morgan fingerprint density at radius 2 is 1.60 bits per heavy atom. The maximum atomic E-state index is 13.3. The number of aromatic hydroxyl groups is 1. The molecule has 6 heteroatoms. The number of fused-ring (bicyclic) bond motifs is 2. The van der Waals surface area contributed by atoms with Gasteiger partial charge in [0.05, 0.1) is 28.9 Å². The quantitative estimate of drug-likeness (QED) is 0.234. The third-order valence-corrected chi connectivity index (χ3v) is 8.15. The lowest BCUT2D eigenvalue weighted by molar-refractivity contribution is -0.116. The summed E-state index contributed by atoms with van der Waals surface area (Å²) in [7, 11) is 0. The molecule has 1 heterocycles. The molecule has 0 radical (unpaired) electrons. The van der Waals surface area contributed by atoms with Crippen LogP contribution >= 0.6 is 0 Å². The average Bonchev–Trinajstić information content (AvgIpc) is 3.15. The minimum Gasteiger partial charge on any atom is -0.507 e. The number of pyridine rings is 1. The number of aliphatic hydroxyl groups excluding tert-OH is 1. The molecule has 0 saturated heterocycles. The average molecular weight is 565 g/mol. The van der Waals surface area contributed by atoms with E-state index in [0.717, 1.165) is 27.6 Å². The Labute approximate surface area is 247 Å². The molecule has 0 fully saturated rings. The summed E-state index contributed by atoms with van der Waals surface area (Å²) in [6.07, 6.45) is -0.203. The van der Waals surface area contributed by atoms with E-state index in [1.807, 2.05) is 55.5 Å². The second-order valence-electron chi connectivity index (χ2n) is 13.6. The highest BCUT2D eigenvalue weighted by Crippen LogP contribution is 2.43. The first-order valence-corrected chi connectivity index (χ1v) is 14.5. The Morgan fingerprint density at radius 3 is 2.24 bits per heavy atom. The van der Waals surface area contributed by atoms with E-state index in [1.165, 1.54) is 0 Å². The fourth-order valence-corrected chi connectivity index (χ4v) is 5.82. The topological polar surface area (TPSA) is 99.5 Å². The van der Waals surface area contributed by atoms with Crippen LogP contribution in [0, 0.1) is 6.92 Å². The van der Waals surface area contributed by atoms with Crippen molar-refractivity contribution in [1.29, 1.82) is 0 Å². The smallest absolute Gasteiger partial charge is 0.224 e. The van der Waals surface area contributed by atoms with Gasteiger partial charge in [-0.1, -0.05) is 89.6 Å². The summed E-state index contributed by atoms with van der Waals surface area (Å²) in [5.41, 5.74) is 5.98. The van der Waals surface area contributed by atoms with E-state index < -0.39 is 12.0 Å². The second kappa shape index (κ2) is 10.7. The molecule has 3 N–H and O–H groups in total. The predicted octanol–water partition coefficient (Wildman–Crippen LogP) is 7.43. The summed E-state index contributed by atoms with van der Waals surface area (Å²) in [5.74, 6) is -0.770. The molecule has 5 rings (SSSR count). The van der Waals surface area contributed by atoms with E-state index in [1.54, 1.807) is 12.1 Å². The molecule has 1 amide bonds. The molecule has 1 aliphatic rings. The molecule has 0 saturated carbocycles. The van der Waals surface area contributed by atoms with Gasteiger partial charge in [-0.2, -0.15) is 0 Å². The molecule has 0 bridgehead atoms. The molecule has 1 aliphatic carbocycles. The molecule has 2 unspecified atom stereocenters. The normalized spacial score (nSPS) is 17.0. The van der Waals surface area contributed by atoms with Crippen LogP contribution in [0.3, 0.4) is 0 Å².